The van der Waals surface area contributed by atoms with Crippen LogP contribution in [0.4, 0.5) is 0 Å². The molecule has 0 radical (unpaired) electrons. The summed E-state index contributed by atoms with van der Waals surface area (Å²) in [5.74, 6) is 1.76. The second-order valence-electron chi connectivity index (χ2n) is 3.23. The standard InChI is InChI=1S/C11H17NO4/c1-2-3-8-16-11(15)9(6-7-12)4-5-10(13)14/h9H,2-3,6-8,12H2,1H3,(H,13,14). The van der Waals surface area contributed by atoms with E-state index in [9.17, 15) is 9.59 Å². The molecule has 5 nitrogen and oxygen atoms in total. The van der Waals surface area contributed by atoms with Crippen LogP contribution >= 0.6 is 0 Å². The molecular weight excluding hydrogens is 210 g/mol. The average molecular weight is 227 g/mol. The highest BCUT2D eigenvalue weighted by molar-refractivity contribution is 5.88. The SMILES string of the molecule is CCCCOC(=O)C(C#CC(=O)O)CCN. The van der Waals surface area contributed by atoms with Crippen LogP contribution in [0.5, 0.6) is 0 Å². The minimum absolute atomic E-state index is 0.266. The number of rotatable bonds is 6. The molecule has 0 spiro atoms. The summed E-state index contributed by atoms with van der Waals surface area (Å²) in [6, 6.07) is 0. The van der Waals surface area contributed by atoms with E-state index >= 15 is 0 Å². The van der Waals surface area contributed by atoms with Crippen molar-refractivity contribution < 1.29 is 19.4 Å². The Bertz CT molecular complexity index is 290. The van der Waals surface area contributed by atoms with Gasteiger partial charge in [0, 0.05) is 5.92 Å². The predicted molar refractivity (Wildman–Crippen MR) is 58.4 cm³/mol. The second kappa shape index (κ2) is 8.74. The van der Waals surface area contributed by atoms with E-state index in [0.29, 0.717) is 13.0 Å². The third-order valence-electron chi connectivity index (χ3n) is 1.84. The van der Waals surface area contributed by atoms with E-state index in [0.717, 1.165) is 12.8 Å². The maximum Gasteiger partial charge on any atom is 0.381 e. The van der Waals surface area contributed by atoms with Crippen LogP contribution < -0.4 is 5.73 Å². The smallest absolute Gasteiger partial charge is 0.381 e. The first-order valence-electron chi connectivity index (χ1n) is 5.23. The molecule has 0 amide bonds. The number of hydrogen-bond acceptors (Lipinski definition) is 4. The number of nitrogens with two attached hydrogens (primary N) is 1. The van der Waals surface area contributed by atoms with Crippen LogP contribution in [0.1, 0.15) is 26.2 Å². The quantitative estimate of drug-likeness (QED) is 0.389. The molecule has 0 aromatic rings. The summed E-state index contributed by atoms with van der Waals surface area (Å²) in [6.45, 7) is 2.59. The van der Waals surface area contributed by atoms with Gasteiger partial charge in [-0.1, -0.05) is 19.3 Å². The maximum absolute atomic E-state index is 11.4. The van der Waals surface area contributed by atoms with Crippen LogP contribution in [0, 0.1) is 17.8 Å². The van der Waals surface area contributed by atoms with Crippen molar-refractivity contribution in [2.75, 3.05) is 13.2 Å². The molecule has 0 aliphatic carbocycles. The van der Waals surface area contributed by atoms with E-state index in [4.69, 9.17) is 15.6 Å². The highest BCUT2D eigenvalue weighted by Crippen LogP contribution is 2.04. The van der Waals surface area contributed by atoms with Gasteiger partial charge in [0.25, 0.3) is 0 Å². The molecule has 0 fully saturated rings. The van der Waals surface area contributed by atoms with Gasteiger partial charge in [0.15, 0.2) is 0 Å². The van der Waals surface area contributed by atoms with Crippen LogP contribution in [0.15, 0.2) is 0 Å². The minimum atomic E-state index is -1.26. The topological polar surface area (TPSA) is 89.6 Å². The van der Waals surface area contributed by atoms with Gasteiger partial charge in [-0.05, 0) is 19.4 Å². The van der Waals surface area contributed by atoms with Gasteiger partial charge in [0.2, 0.25) is 0 Å². The molecule has 16 heavy (non-hydrogen) atoms. The third kappa shape index (κ3) is 6.85. The van der Waals surface area contributed by atoms with E-state index in [1.54, 1.807) is 0 Å². The van der Waals surface area contributed by atoms with Gasteiger partial charge in [-0.25, -0.2) is 4.79 Å². The van der Waals surface area contributed by atoms with E-state index < -0.39 is 17.9 Å². The van der Waals surface area contributed by atoms with E-state index in [-0.39, 0.29) is 6.54 Å². The van der Waals surface area contributed by atoms with Crippen molar-refractivity contribution in [3.8, 4) is 11.8 Å². The van der Waals surface area contributed by atoms with Crippen molar-refractivity contribution in [1.82, 2.24) is 0 Å². The molecule has 0 aliphatic heterocycles. The first-order chi connectivity index (χ1) is 7.61. The van der Waals surface area contributed by atoms with E-state index in [1.165, 1.54) is 0 Å². The Morgan fingerprint density at radius 3 is 2.69 bits per heavy atom. The lowest BCUT2D eigenvalue weighted by Crippen LogP contribution is -2.20. The summed E-state index contributed by atoms with van der Waals surface area (Å²) in [5.41, 5.74) is 5.31. The second-order valence-corrected chi connectivity index (χ2v) is 3.23. The van der Waals surface area contributed by atoms with Gasteiger partial charge >= 0.3 is 11.9 Å². The zero-order chi connectivity index (χ0) is 12.4. The Morgan fingerprint density at radius 2 is 2.19 bits per heavy atom. The van der Waals surface area contributed by atoms with Crippen molar-refractivity contribution in [1.29, 1.82) is 0 Å². The molecule has 1 atom stereocenters. The zero-order valence-corrected chi connectivity index (χ0v) is 9.36. The van der Waals surface area contributed by atoms with Gasteiger partial charge < -0.3 is 15.6 Å². The Morgan fingerprint density at radius 1 is 1.50 bits per heavy atom. The summed E-state index contributed by atoms with van der Waals surface area (Å²) in [5, 5.41) is 8.37. The Labute approximate surface area is 95.0 Å². The monoisotopic (exact) mass is 227 g/mol. The van der Waals surface area contributed by atoms with Gasteiger partial charge in [0.05, 0.1) is 6.61 Å². The predicted octanol–water partition coefficient (Wildman–Crippen LogP) is 0.383. The Balaban J connectivity index is 4.25. The number of ether oxygens (including phenoxy) is 1. The van der Waals surface area contributed by atoms with Crippen LogP contribution in [0.3, 0.4) is 0 Å². The fraction of sp³-hybridized carbons (Fsp3) is 0.636. The molecule has 0 heterocycles. The summed E-state index contributed by atoms with van der Waals surface area (Å²) < 4.78 is 4.94. The molecule has 1 unspecified atom stereocenters. The van der Waals surface area contributed by atoms with Gasteiger partial charge in [0.1, 0.15) is 5.92 Å². The molecule has 0 rings (SSSR count). The van der Waals surface area contributed by atoms with Gasteiger partial charge in [-0.15, -0.1) is 0 Å². The lowest BCUT2D eigenvalue weighted by molar-refractivity contribution is -0.146. The average Bonchev–Trinajstić information content (AvgIpc) is 2.24. The number of carboxylic acid groups (broad SMARTS) is 1. The fourth-order valence-corrected chi connectivity index (χ4v) is 0.982. The molecule has 3 N–H and O–H groups in total. The lowest BCUT2D eigenvalue weighted by Gasteiger charge is -2.08. The molecule has 90 valence electrons. The largest absolute Gasteiger partial charge is 0.472 e. The molecule has 0 aromatic carbocycles. The van der Waals surface area contributed by atoms with E-state index in [1.807, 2.05) is 12.8 Å². The number of carbonyl (C=O) groups excluding carboxylic acids is 1. The number of carboxylic acids is 1. The molecule has 0 aromatic heterocycles. The highest BCUT2D eigenvalue weighted by atomic mass is 16.5. The molecule has 0 saturated carbocycles. The molecule has 5 heteroatoms. The van der Waals surface area contributed by atoms with Crippen LogP contribution in [0.2, 0.25) is 0 Å². The number of esters is 1. The van der Waals surface area contributed by atoms with Gasteiger partial charge in [-0.3, -0.25) is 4.79 Å². The number of carbonyl (C=O) groups is 2. The van der Waals surface area contributed by atoms with Crippen molar-refractivity contribution >= 4 is 11.9 Å². The Hall–Kier alpha value is -1.54. The zero-order valence-electron chi connectivity index (χ0n) is 9.36. The van der Waals surface area contributed by atoms with Crippen LogP contribution in [0.25, 0.3) is 0 Å². The first kappa shape index (κ1) is 14.5. The van der Waals surface area contributed by atoms with Crippen molar-refractivity contribution in [2.24, 2.45) is 11.7 Å². The van der Waals surface area contributed by atoms with Crippen LogP contribution in [-0.2, 0) is 14.3 Å². The normalized spacial score (nSPS) is 11.1. The Kier molecular flexibility index (Phi) is 7.90. The van der Waals surface area contributed by atoms with Crippen molar-refractivity contribution in [2.45, 2.75) is 26.2 Å². The summed E-state index contributed by atoms with van der Waals surface area (Å²) in [6.07, 6.45) is 2.02. The van der Waals surface area contributed by atoms with Crippen molar-refractivity contribution in [3.63, 3.8) is 0 Å². The van der Waals surface area contributed by atoms with Gasteiger partial charge in [-0.2, -0.15) is 0 Å². The third-order valence-corrected chi connectivity index (χ3v) is 1.84. The summed E-state index contributed by atoms with van der Waals surface area (Å²) in [4.78, 5) is 21.7. The molecule has 0 saturated heterocycles. The van der Waals surface area contributed by atoms with Crippen molar-refractivity contribution in [3.05, 3.63) is 0 Å². The van der Waals surface area contributed by atoms with E-state index in [2.05, 4.69) is 5.92 Å². The van der Waals surface area contributed by atoms with Crippen LogP contribution in [-0.4, -0.2) is 30.2 Å². The highest BCUT2D eigenvalue weighted by Gasteiger charge is 2.16. The number of hydrogen-bond donors (Lipinski definition) is 2. The number of unbranched alkanes of at least 4 members (excludes halogenated alkanes) is 1. The molecule has 0 aliphatic rings. The first-order valence-corrected chi connectivity index (χ1v) is 5.23. The lowest BCUT2D eigenvalue weighted by atomic mass is 10.1. The molecule has 0 bridgehead atoms. The maximum atomic E-state index is 11.4. The summed E-state index contributed by atoms with van der Waals surface area (Å²) >= 11 is 0. The summed E-state index contributed by atoms with van der Waals surface area (Å²) in [7, 11) is 0. The fourth-order valence-electron chi connectivity index (χ4n) is 0.982. The number of aliphatic carboxylic acids is 1. The minimum Gasteiger partial charge on any atom is -0.472 e. The molecular formula is C11H17NO4.